The minimum Gasteiger partial charge on any atom is -0.488 e. The molecule has 1 aromatic heterocycles. The summed E-state index contributed by atoms with van der Waals surface area (Å²) in [5.74, 6) is -2.11. The van der Waals surface area contributed by atoms with Gasteiger partial charge in [-0.2, -0.15) is 26.3 Å². The molecular weight excluding hydrogens is 544 g/mol. The van der Waals surface area contributed by atoms with Gasteiger partial charge in [0.05, 0.1) is 0 Å². The van der Waals surface area contributed by atoms with Gasteiger partial charge in [-0.25, -0.2) is 23.5 Å². The Hall–Kier alpha value is -3.23. The van der Waals surface area contributed by atoms with E-state index in [4.69, 9.17) is 14.6 Å². The number of alkyl halides is 8. The van der Waals surface area contributed by atoms with Crippen molar-refractivity contribution in [3.63, 3.8) is 0 Å². The number of anilines is 1. The van der Waals surface area contributed by atoms with Gasteiger partial charge in [-0.1, -0.05) is 12.1 Å². The molecule has 39 heavy (non-hydrogen) atoms. The van der Waals surface area contributed by atoms with Crippen LogP contribution in [0, 0.1) is 5.41 Å². The van der Waals surface area contributed by atoms with Crippen LogP contribution in [-0.4, -0.2) is 64.3 Å². The van der Waals surface area contributed by atoms with Crippen LogP contribution in [-0.2, 0) is 17.5 Å². The van der Waals surface area contributed by atoms with E-state index in [0.29, 0.717) is 5.75 Å². The summed E-state index contributed by atoms with van der Waals surface area (Å²) in [4.78, 5) is 18.5. The zero-order chi connectivity index (χ0) is 28.8. The van der Waals surface area contributed by atoms with Crippen LogP contribution < -0.4 is 10.1 Å². The SMILES string of the molecule is FC(F)COc1ccc(CN2CCC3(CC2)CC(Nc2cc(C(F)(F)F)ncn2)C3)cc1.O=C(O)C(F)(F)F. The van der Waals surface area contributed by atoms with Crippen LogP contribution in [0.15, 0.2) is 36.7 Å². The number of nitrogens with one attached hydrogen (secondary N) is 1. The zero-order valence-corrected chi connectivity index (χ0v) is 20.4. The molecule has 2 aliphatic rings. The molecule has 1 aliphatic heterocycles. The first-order valence-electron chi connectivity index (χ1n) is 11.8. The molecule has 2 fully saturated rings. The van der Waals surface area contributed by atoms with Gasteiger partial charge in [-0.3, -0.25) is 4.90 Å². The van der Waals surface area contributed by atoms with Gasteiger partial charge in [-0.05, 0) is 61.9 Å². The highest BCUT2D eigenvalue weighted by molar-refractivity contribution is 5.73. The summed E-state index contributed by atoms with van der Waals surface area (Å²) in [5.41, 5.74) is 0.398. The van der Waals surface area contributed by atoms with Crippen LogP contribution in [0.5, 0.6) is 5.75 Å². The Labute approximate surface area is 218 Å². The Morgan fingerprint density at radius 2 is 1.67 bits per heavy atom. The lowest BCUT2D eigenvalue weighted by Gasteiger charge is -2.52. The van der Waals surface area contributed by atoms with E-state index in [1.165, 1.54) is 0 Å². The second-order valence-corrected chi connectivity index (χ2v) is 9.46. The second-order valence-electron chi connectivity index (χ2n) is 9.46. The van der Waals surface area contributed by atoms with Gasteiger partial charge in [0.2, 0.25) is 0 Å². The lowest BCUT2D eigenvalue weighted by atomic mass is 9.60. The van der Waals surface area contributed by atoms with E-state index < -0.39 is 37.0 Å². The molecule has 0 atom stereocenters. The van der Waals surface area contributed by atoms with Crippen molar-refractivity contribution in [3.05, 3.63) is 47.9 Å². The van der Waals surface area contributed by atoms with Gasteiger partial charge in [0.25, 0.3) is 6.43 Å². The first-order valence-corrected chi connectivity index (χ1v) is 11.8. The molecule has 1 aromatic carbocycles. The third-order valence-corrected chi connectivity index (χ3v) is 6.53. The van der Waals surface area contributed by atoms with Gasteiger partial charge < -0.3 is 15.2 Å². The van der Waals surface area contributed by atoms with Gasteiger partial charge in [0, 0.05) is 18.7 Å². The van der Waals surface area contributed by atoms with E-state index in [-0.39, 0.29) is 17.3 Å². The largest absolute Gasteiger partial charge is 0.490 e. The van der Waals surface area contributed by atoms with Crippen molar-refractivity contribution in [2.75, 3.05) is 25.0 Å². The van der Waals surface area contributed by atoms with Crippen LogP contribution >= 0.6 is 0 Å². The average Bonchev–Trinajstić information content (AvgIpc) is 2.83. The van der Waals surface area contributed by atoms with Crippen LogP contribution in [0.3, 0.4) is 0 Å². The van der Waals surface area contributed by atoms with Crippen molar-refractivity contribution in [1.29, 1.82) is 0 Å². The number of aliphatic carboxylic acids is 1. The Balaban J connectivity index is 0.000000532. The maximum atomic E-state index is 12.8. The molecule has 2 N–H and O–H groups in total. The molecule has 1 saturated carbocycles. The molecule has 1 spiro atoms. The van der Waals surface area contributed by atoms with E-state index in [0.717, 1.165) is 63.3 Å². The number of carbonyl (C=O) groups is 1. The summed E-state index contributed by atoms with van der Waals surface area (Å²) in [5, 5.41) is 10.2. The number of aromatic nitrogens is 2. The Kier molecular flexibility index (Phi) is 9.56. The van der Waals surface area contributed by atoms with Crippen molar-refractivity contribution >= 4 is 11.8 Å². The standard InChI is InChI=1S/C22H25F5N4O.C2HF3O2/c23-19(24)13-32-17-3-1-15(2-4-17)12-31-7-5-21(6-8-31)10-16(11-21)30-20-9-18(22(25,26)27)28-14-29-20;3-2(4,5)1(6)7/h1-4,9,14,16,19H,5-8,10-13H2,(H,28,29,30);(H,6,7). The number of rotatable bonds is 7. The summed E-state index contributed by atoms with van der Waals surface area (Å²) >= 11 is 0. The van der Waals surface area contributed by atoms with E-state index in [1.807, 2.05) is 12.1 Å². The topological polar surface area (TPSA) is 87.6 Å². The minimum absolute atomic E-state index is 0.123. The quantitative estimate of drug-likeness (QED) is 0.418. The lowest BCUT2D eigenvalue weighted by molar-refractivity contribution is -0.192. The summed E-state index contributed by atoms with van der Waals surface area (Å²) in [6.07, 6.45) is -7.20. The number of hydrogen-bond donors (Lipinski definition) is 2. The molecule has 2 heterocycles. The maximum Gasteiger partial charge on any atom is 0.490 e. The van der Waals surface area contributed by atoms with Crippen molar-refractivity contribution in [3.8, 4) is 5.75 Å². The van der Waals surface area contributed by atoms with Crippen molar-refractivity contribution < 1.29 is 49.8 Å². The molecule has 2 aromatic rings. The predicted molar refractivity (Wildman–Crippen MR) is 122 cm³/mol. The fraction of sp³-hybridized carbons (Fsp3) is 0.542. The molecule has 1 aliphatic carbocycles. The maximum absolute atomic E-state index is 12.8. The van der Waals surface area contributed by atoms with Gasteiger partial charge in [-0.15, -0.1) is 0 Å². The van der Waals surface area contributed by atoms with Gasteiger partial charge in [0.15, 0.2) is 0 Å². The molecule has 0 radical (unpaired) electrons. The van der Waals surface area contributed by atoms with Crippen LogP contribution in [0.1, 0.15) is 36.9 Å². The number of halogens is 8. The number of carboxylic acid groups (broad SMARTS) is 1. The van der Waals surface area contributed by atoms with E-state index in [2.05, 4.69) is 20.2 Å². The molecule has 216 valence electrons. The monoisotopic (exact) mass is 570 g/mol. The number of ether oxygens (including phenoxy) is 1. The van der Waals surface area contributed by atoms with Crippen LogP contribution in [0.2, 0.25) is 0 Å². The molecule has 0 bridgehead atoms. The predicted octanol–water partition coefficient (Wildman–Crippen LogP) is 5.63. The number of likely N-dealkylation sites (tertiary alicyclic amines) is 1. The first kappa shape index (κ1) is 30.3. The smallest absolute Gasteiger partial charge is 0.488 e. The molecule has 15 heteroatoms. The number of benzene rings is 1. The number of hydrogen-bond acceptors (Lipinski definition) is 6. The van der Waals surface area contributed by atoms with E-state index in [9.17, 15) is 35.1 Å². The van der Waals surface area contributed by atoms with Crippen molar-refractivity contribution in [2.45, 2.75) is 57.0 Å². The first-order chi connectivity index (χ1) is 18.1. The van der Waals surface area contributed by atoms with E-state index >= 15 is 0 Å². The molecular formula is C24H26F8N4O3. The summed E-state index contributed by atoms with van der Waals surface area (Å²) < 4.78 is 99.6. The van der Waals surface area contributed by atoms with Gasteiger partial charge in [0.1, 0.15) is 30.2 Å². The molecule has 7 nitrogen and oxygen atoms in total. The summed E-state index contributed by atoms with van der Waals surface area (Å²) in [6, 6.07) is 8.29. The molecule has 0 amide bonds. The Morgan fingerprint density at radius 1 is 1.08 bits per heavy atom. The number of carboxylic acids is 1. The third-order valence-electron chi connectivity index (χ3n) is 6.53. The highest BCUT2D eigenvalue weighted by Crippen LogP contribution is 2.50. The van der Waals surface area contributed by atoms with Crippen LogP contribution in [0.4, 0.5) is 40.9 Å². The van der Waals surface area contributed by atoms with Crippen molar-refractivity contribution in [2.24, 2.45) is 5.41 Å². The fourth-order valence-corrected chi connectivity index (χ4v) is 4.59. The highest BCUT2D eigenvalue weighted by atomic mass is 19.4. The fourth-order valence-electron chi connectivity index (χ4n) is 4.59. The zero-order valence-electron chi connectivity index (χ0n) is 20.4. The second kappa shape index (κ2) is 12.3. The molecule has 1 saturated heterocycles. The highest BCUT2D eigenvalue weighted by Gasteiger charge is 2.46. The summed E-state index contributed by atoms with van der Waals surface area (Å²) in [6.45, 7) is 2.07. The Bertz CT molecular complexity index is 1080. The van der Waals surface area contributed by atoms with Crippen LogP contribution in [0.25, 0.3) is 0 Å². The third kappa shape index (κ3) is 9.18. The lowest BCUT2D eigenvalue weighted by Crippen LogP contribution is -2.51. The number of piperidine rings is 1. The minimum atomic E-state index is -5.08. The van der Waals surface area contributed by atoms with E-state index in [1.54, 1.807) is 12.1 Å². The van der Waals surface area contributed by atoms with Gasteiger partial charge >= 0.3 is 18.3 Å². The molecule has 0 unspecified atom stereocenters. The number of nitrogens with zero attached hydrogens (tertiary/aromatic N) is 3. The average molecular weight is 570 g/mol. The normalized spacial score (nSPS) is 17.8. The van der Waals surface area contributed by atoms with Crippen molar-refractivity contribution in [1.82, 2.24) is 14.9 Å². The molecule has 4 rings (SSSR count). The summed E-state index contributed by atoms with van der Waals surface area (Å²) in [7, 11) is 0. The Morgan fingerprint density at radius 3 is 2.18 bits per heavy atom.